The summed E-state index contributed by atoms with van der Waals surface area (Å²) in [6.45, 7) is 9.52. The lowest BCUT2D eigenvalue weighted by atomic mass is 10.1. The fraction of sp³-hybridized carbons (Fsp3) is 0.588. The van der Waals surface area contributed by atoms with Crippen molar-refractivity contribution in [2.75, 3.05) is 13.2 Å². The number of hydrogen-bond acceptors (Lipinski definition) is 3. The Hall–Kier alpha value is -1.55. The van der Waals surface area contributed by atoms with Gasteiger partial charge in [-0.2, -0.15) is 0 Å². The van der Waals surface area contributed by atoms with Crippen LogP contribution in [0.3, 0.4) is 0 Å². The Morgan fingerprint density at radius 1 is 1.19 bits per heavy atom. The van der Waals surface area contributed by atoms with Gasteiger partial charge in [-0.25, -0.2) is 0 Å². The molecule has 0 aromatic heterocycles. The van der Waals surface area contributed by atoms with Gasteiger partial charge in [-0.1, -0.05) is 19.1 Å². The smallest absolute Gasteiger partial charge is 0.221 e. The second kappa shape index (κ2) is 9.40. The van der Waals surface area contributed by atoms with E-state index in [1.165, 1.54) is 5.56 Å². The number of carbonyl (C=O) groups excluding carboxylic acids is 1. The van der Waals surface area contributed by atoms with E-state index >= 15 is 0 Å². The van der Waals surface area contributed by atoms with Gasteiger partial charge in [0.05, 0.1) is 6.61 Å². The molecule has 0 spiro atoms. The molecule has 0 aliphatic rings. The maximum Gasteiger partial charge on any atom is 0.221 e. The summed E-state index contributed by atoms with van der Waals surface area (Å²) >= 11 is 0. The van der Waals surface area contributed by atoms with Crippen LogP contribution in [0.1, 0.15) is 52.1 Å². The number of amides is 1. The van der Waals surface area contributed by atoms with Crippen molar-refractivity contribution in [1.29, 1.82) is 0 Å². The van der Waals surface area contributed by atoms with Gasteiger partial charge in [0.2, 0.25) is 5.91 Å². The lowest BCUT2D eigenvalue weighted by Gasteiger charge is -2.16. The molecular formula is C17H28N2O2. The summed E-state index contributed by atoms with van der Waals surface area (Å²) < 4.78 is 5.43. The fourth-order valence-corrected chi connectivity index (χ4v) is 1.99. The van der Waals surface area contributed by atoms with Crippen molar-refractivity contribution in [3.63, 3.8) is 0 Å². The summed E-state index contributed by atoms with van der Waals surface area (Å²) in [5.41, 5.74) is 1.20. The SMILES string of the molecule is CCOc1ccc(C(C)NCCC(=O)NC(C)CC)cc1. The van der Waals surface area contributed by atoms with Gasteiger partial charge in [-0.05, 0) is 44.9 Å². The van der Waals surface area contributed by atoms with Gasteiger partial charge < -0.3 is 15.4 Å². The average molecular weight is 292 g/mol. The Morgan fingerprint density at radius 2 is 1.86 bits per heavy atom. The van der Waals surface area contributed by atoms with E-state index in [2.05, 4.69) is 36.6 Å². The molecule has 118 valence electrons. The number of ether oxygens (including phenoxy) is 1. The van der Waals surface area contributed by atoms with E-state index in [1.54, 1.807) is 0 Å². The third kappa shape index (κ3) is 6.63. The third-order valence-electron chi connectivity index (χ3n) is 3.51. The van der Waals surface area contributed by atoms with Gasteiger partial charge in [0.1, 0.15) is 5.75 Å². The molecule has 0 radical (unpaired) electrons. The standard InChI is InChI=1S/C17H28N2O2/c1-5-13(3)19-17(20)11-12-18-14(4)15-7-9-16(10-8-15)21-6-2/h7-10,13-14,18H,5-6,11-12H2,1-4H3,(H,19,20). The molecule has 0 fully saturated rings. The highest BCUT2D eigenvalue weighted by Crippen LogP contribution is 2.17. The largest absolute Gasteiger partial charge is 0.494 e. The van der Waals surface area contributed by atoms with Crippen LogP contribution in [0.25, 0.3) is 0 Å². The minimum Gasteiger partial charge on any atom is -0.494 e. The highest BCUT2D eigenvalue weighted by atomic mass is 16.5. The van der Waals surface area contributed by atoms with E-state index in [-0.39, 0.29) is 18.0 Å². The molecule has 21 heavy (non-hydrogen) atoms. The van der Waals surface area contributed by atoms with Gasteiger partial charge in [-0.3, -0.25) is 4.79 Å². The summed E-state index contributed by atoms with van der Waals surface area (Å²) in [6, 6.07) is 8.54. The van der Waals surface area contributed by atoms with Crippen LogP contribution in [-0.4, -0.2) is 25.1 Å². The molecule has 1 amide bonds. The Kier molecular flexibility index (Phi) is 7.83. The highest BCUT2D eigenvalue weighted by Gasteiger charge is 2.08. The van der Waals surface area contributed by atoms with E-state index in [9.17, 15) is 4.79 Å². The first-order valence-electron chi connectivity index (χ1n) is 7.82. The van der Waals surface area contributed by atoms with Crippen LogP contribution >= 0.6 is 0 Å². The van der Waals surface area contributed by atoms with Crippen molar-refractivity contribution in [2.24, 2.45) is 0 Å². The molecule has 2 N–H and O–H groups in total. The van der Waals surface area contributed by atoms with E-state index < -0.39 is 0 Å². The normalized spacial score (nSPS) is 13.5. The zero-order valence-electron chi connectivity index (χ0n) is 13.6. The number of rotatable bonds is 9. The van der Waals surface area contributed by atoms with Crippen LogP contribution in [0, 0.1) is 0 Å². The van der Waals surface area contributed by atoms with Crippen molar-refractivity contribution in [2.45, 2.75) is 52.6 Å². The van der Waals surface area contributed by atoms with Crippen molar-refractivity contribution < 1.29 is 9.53 Å². The van der Waals surface area contributed by atoms with E-state index in [0.29, 0.717) is 19.6 Å². The van der Waals surface area contributed by atoms with Crippen LogP contribution in [0.5, 0.6) is 5.75 Å². The molecule has 0 bridgehead atoms. The van der Waals surface area contributed by atoms with Gasteiger partial charge in [0.25, 0.3) is 0 Å². The molecule has 1 aromatic carbocycles. The number of benzene rings is 1. The van der Waals surface area contributed by atoms with Crippen LogP contribution in [-0.2, 0) is 4.79 Å². The van der Waals surface area contributed by atoms with Crippen LogP contribution in [0.2, 0.25) is 0 Å². The molecule has 0 aliphatic carbocycles. The number of hydrogen-bond donors (Lipinski definition) is 2. The molecule has 0 saturated carbocycles. The Bertz CT molecular complexity index is 417. The summed E-state index contributed by atoms with van der Waals surface area (Å²) in [4.78, 5) is 11.7. The Balaban J connectivity index is 2.33. The Labute approximate surface area is 128 Å². The molecule has 4 heteroatoms. The predicted octanol–water partition coefficient (Wildman–Crippen LogP) is 3.04. The maximum atomic E-state index is 11.7. The quantitative estimate of drug-likeness (QED) is 0.735. The zero-order chi connectivity index (χ0) is 15.7. The van der Waals surface area contributed by atoms with E-state index in [1.807, 2.05) is 26.0 Å². The first kappa shape index (κ1) is 17.5. The average Bonchev–Trinajstić information content (AvgIpc) is 2.48. The molecule has 0 aliphatic heterocycles. The van der Waals surface area contributed by atoms with Crippen molar-refractivity contribution in [1.82, 2.24) is 10.6 Å². The summed E-state index contributed by atoms with van der Waals surface area (Å²) in [6.07, 6.45) is 1.47. The molecule has 1 aromatic rings. The van der Waals surface area contributed by atoms with Crippen molar-refractivity contribution >= 4 is 5.91 Å². The minimum atomic E-state index is 0.107. The number of nitrogens with one attached hydrogen (secondary N) is 2. The topological polar surface area (TPSA) is 50.4 Å². The van der Waals surface area contributed by atoms with Gasteiger partial charge in [-0.15, -0.1) is 0 Å². The molecular weight excluding hydrogens is 264 g/mol. The first-order valence-corrected chi connectivity index (χ1v) is 7.82. The van der Waals surface area contributed by atoms with Crippen molar-refractivity contribution in [3.8, 4) is 5.75 Å². The monoisotopic (exact) mass is 292 g/mol. The predicted molar refractivity (Wildman–Crippen MR) is 86.5 cm³/mol. The molecule has 4 nitrogen and oxygen atoms in total. The minimum absolute atomic E-state index is 0.107. The molecule has 2 unspecified atom stereocenters. The molecule has 2 atom stereocenters. The Morgan fingerprint density at radius 3 is 2.43 bits per heavy atom. The second-order valence-corrected chi connectivity index (χ2v) is 5.30. The summed E-state index contributed by atoms with van der Waals surface area (Å²) in [5.74, 6) is 0.997. The van der Waals surface area contributed by atoms with Crippen molar-refractivity contribution in [3.05, 3.63) is 29.8 Å². The summed E-state index contributed by atoms with van der Waals surface area (Å²) in [5, 5.41) is 6.34. The fourth-order valence-electron chi connectivity index (χ4n) is 1.99. The molecule has 1 rings (SSSR count). The third-order valence-corrected chi connectivity index (χ3v) is 3.51. The zero-order valence-corrected chi connectivity index (χ0v) is 13.6. The van der Waals surface area contributed by atoms with E-state index in [0.717, 1.165) is 12.2 Å². The lowest BCUT2D eigenvalue weighted by molar-refractivity contribution is -0.121. The van der Waals surface area contributed by atoms with Crippen LogP contribution in [0.15, 0.2) is 24.3 Å². The van der Waals surface area contributed by atoms with Crippen LogP contribution < -0.4 is 15.4 Å². The number of carbonyl (C=O) groups is 1. The van der Waals surface area contributed by atoms with Gasteiger partial charge in [0.15, 0.2) is 0 Å². The molecule has 0 saturated heterocycles. The van der Waals surface area contributed by atoms with Crippen LogP contribution in [0.4, 0.5) is 0 Å². The maximum absolute atomic E-state index is 11.7. The second-order valence-electron chi connectivity index (χ2n) is 5.30. The molecule has 0 heterocycles. The first-order chi connectivity index (χ1) is 10.1. The van der Waals surface area contributed by atoms with Gasteiger partial charge in [0, 0.05) is 25.0 Å². The summed E-state index contributed by atoms with van der Waals surface area (Å²) in [7, 11) is 0. The lowest BCUT2D eigenvalue weighted by Crippen LogP contribution is -2.34. The highest BCUT2D eigenvalue weighted by molar-refractivity contribution is 5.76. The van der Waals surface area contributed by atoms with Gasteiger partial charge >= 0.3 is 0 Å². The van der Waals surface area contributed by atoms with E-state index in [4.69, 9.17) is 4.74 Å².